The van der Waals surface area contributed by atoms with E-state index < -0.39 is 0 Å². The Morgan fingerprint density at radius 2 is 1.92 bits per heavy atom. The Bertz CT molecular complexity index is 975. The minimum atomic E-state index is 0.421. The second kappa shape index (κ2) is 6.98. The van der Waals surface area contributed by atoms with Crippen molar-refractivity contribution in [2.45, 2.75) is 0 Å². The lowest BCUT2D eigenvalue weighted by molar-refractivity contribution is 0.397. The Balaban J connectivity index is 2.20. The first-order chi connectivity index (χ1) is 12.1. The molecular formula is C18H19N3O3S. The average molecular weight is 357 g/mol. The number of nitrogens with zero attached hydrogens (tertiary/aromatic N) is 2. The van der Waals surface area contributed by atoms with Crippen LogP contribution in [0.5, 0.6) is 11.5 Å². The molecule has 0 saturated heterocycles. The fourth-order valence-corrected chi connectivity index (χ4v) is 3.15. The molecule has 0 unspecified atom stereocenters. The molecule has 130 valence electrons. The summed E-state index contributed by atoms with van der Waals surface area (Å²) in [5.74, 6) is 1.76. The van der Waals surface area contributed by atoms with Gasteiger partial charge in [-0.25, -0.2) is 9.19 Å². The molecule has 0 spiro atoms. The van der Waals surface area contributed by atoms with Crippen LogP contribution in [0.4, 0.5) is 5.69 Å². The number of para-hydroxylation sites is 1. The number of hydrogen-bond donors (Lipinski definition) is 1. The molecule has 1 aromatic heterocycles. The summed E-state index contributed by atoms with van der Waals surface area (Å²) in [6.45, 7) is 0. The van der Waals surface area contributed by atoms with Gasteiger partial charge < -0.3 is 19.4 Å². The Labute approximate surface area is 149 Å². The highest BCUT2D eigenvalue weighted by Gasteiger charge is 2.18. The van der Waals surface area contributed by atoms with Crippen molar-refractivity contribution in [2.24, 2.45) is 0 Å². The SMILES string of the molecule is COc1cc(OC)c2nc(C(=S=O)c3ccccc3N(C)C)[nH]c2c1. The summed E-state index contributed by atoms with van der Waals surface area (Å²) in [6.07, 6.45) is 0. The molecule has 3 aromatic rings. The molecule has 0 bridgehead atoms. The maximum Gasteiger partial charge on any atom is 0.152 e. The summed E-state index contributed by atoms with van der Waals surface area (Å²) < 4.78 is 22.6. The third-order valence-corrected chi connectivity index (χ3v) is 4.49. The average Bonchev–Trinajstić information content (AvgIpc) is 3.05. The highest BCUT2D eigenvalue weighted by atomic mass is 32.1. The van der Waals surface area contributed by atoms with Gasteiger partial charge in [-0.2, -0.15) is 0 Å². The molecule has 6 nitrogen and oxygen atoms in total. The number of aromatic amines is 1. The van der Waals surface area contributed by atoms with Crippen LogP contribution in [0.25, 0.3) is 11.0 Å². The van der Waals surface area contributed by atoms with Crippen molar-refractivity contribution in [3.8, 4) is 11.5 Å². The van der Waals surface area contributed by atoms with Gasteiger partial charge in [-0.05, 0) is 6.07 Å². The van der Waals surface area contributed by atoms with Crippen LogP contribution in [0.15, 0.2) is 36.4 Å². The lowest BCUT2D eigenvalue weighted by atomic mass is 10.1. The zero-order valence-electron chi connectivity index (χ0n) is 14.5. The zero-order chi connectivity index (χ0) is 18.0. The predicted octanol–water partition coefficient (Wildman–Crippen LogP) is 2.43. The number of hydrogen-bond acceptors (Lipinski definition) is 5. The van der Waals surface area contributed by atoms with Gasteiger partial charge in [-0.3, -0.25) is 0 Å². The highest BCUT2D eigenvalue weighted by molar-refractivity contribution is 7.67. The van der Waals surface area contributed by atoms with Crippen molar-refractivity contribution in [3.05, 3.63) is 47.8 Å². The zero-order valence-corrected chi connectivity index (χ0v) is 15.3. The molecule has 2 aromatic carbocycles. The van der Waals surface area contributed by atoms with Crippen molar-refractivity contribution in [2.75, 3.05) is 33.2 Å². The standard InChI is InChI=1S/C18H19N3O3S/c1-21(2)14-8-6-5-7-12(14)17(25-22)18-19-13-9-11(23-3)10-15(24-4)16(13)20-18/h5-10H,1-4H3,(H,19,20). The quantitative estimate of drug-likeness (QED) is 0.561. The number of benzene rings is 2. The third-order valence-electron chi connectivity index (χ3n) is 3.91. The number of anilines is 1. The van der Waals surface area contributed by atoms with Gasteiger partial charge in [-0.15, -0.1) is 0 Å². The number of fused-ring (bicyclic) bond motifs is 1. The van der Waals surface area contributed by atoms with Gasteiger partial charge in [0.25, 0.3) is 0 Å². The van der Waals surface area contributed by atoms with Crippen LogP contribution in [0.3, 0.4) is 0 Å². The highest BCUT2D eigenvalue weighted by Crippen LogP contribution is 2.30. The van der Waals surface area contributed by atoms with Gasteiger partial charge in [0.05, 0.1) is 19.7 Å². The summed E-state index contributed by atoms with van der Waals surface area (Å²) in [5.41, 5.74) is 3.19. The largest absolute Gasteiger partial charge is 0.497 e. The monoisotopic (exact) mass is 357 g/mol. The summed E-state index contributed by atoms with van der Waals surface area (Å²) in [4.78, 5) is 10.3. The van der Waals surface area contributed by atoms with Crippen LogP contribution >= 0.6 is 0 Å². The molecule has 1 heterocycles. The molecule has 3 rings (SSSR count). The molecule has 0 aliphatic carbocycles. The molecule has 7 heteroatoms. The normalized spacial score (nSPS) is 10.6. The Morgan fingerprint density at radius 3 is 2.56 bits per heavy atom. The smallest absolute Gasteiger partial charge is 0.152 e. The first kappa shape index (κ1) is 17.0. The molecule has 0 radical (unpaired) electrons. The summed E-state index contributed by atoms with van der Waals surface area (Å²) >= 11 is 0.421. The van der Waals surface area contributed by atoms with E-state index in [1.54, 1.807) is 20.3 Å². The number of aromatic nitrogens is 2. The number of ether oxygens (including phenoxy) is 2. The second-order valence-corrected chi connectivity index (χ2v) is 6.21. The second-order valence-electron chi connectivity index (χ2n) is 5.64. The van der Waals surface area contributed by atoms with E-state index in [1.165, 1.54) is 0 Å². The maximum absolute atomic E-state index is 11.9. The van der Waals surface area contributed by atoms with E-state index in [0.717, 1.165) is 16.8 Å². The molecule has 0 aliphatic rings. The fraction of sp³-hybridized carbons (Fsp3) is 0.222. The molecule has 0 fully saturated rings. The predicted molar refractivity (Wildman–Crippen MR) is 101 cm³/mol. The van der Waals surface area contributed by atoms with Gasteiger partial charge in [0.1, 0.15) is 33.1 Å². The van der Waals surface area contributed by atoms with E-state index in [9.17, 15) is 4.21 Å². The molecule has 0 amide bonds. The number of imidazole rings is 1. The fourth-order valence-electron chi connectivity index (χ4n) is 2.71. The van der Waals surface area contributed by atoms with E-state index in [2.05, 4.69) is 9.97 Å². The van der Waals surface area contributed by atoms with Gasteiger partial charge >= 0.3 is 0 Å². The minimum absolute atomic E-state index is 0.421. The van der Waals surface area contributed by atoms with Crippen LogP contribution in [0.2, 0.25) is 0 Å². The summed E-state index contributed by atoms with van der Waals surface area (Å²) in [7, 11) is 7.06. The van der Waals surface area contributed by atoms with E-state index in [4.69, 9.17) is 9.47 Å². The topological polar surface area (TPSA) is 67.5 Å². The molecule has 0 atom stereocenters. The van der Waals surface area contributed by atoms with Crippen LogP contribution in [0.1, 0.15) is 11.4 Å². The van der Waals surface area contributed by atoms with Crippen molar-refractivity contribution in [1.82, 2.24) is 9.97 Å². The van der Waals surface area contributed by atoms with Crippen LogP contribution in [-0.2, 0) is 11.3 Å². The summed E-state index contributed by atoms with van der Waals surface area (Å²) in [5, 5.41) is 0. The van der Waals surface area contributed by atoms with Crippen LogP contribution in [0, 0.1) is 0 Å². The maximum atomic E-state index is 11.9. The van der Waals surface area contributed by atoms with Gasteiger partial charge in [0, 0.05) is 37.5 Å². The van der Waals surface area contributed by atoms with Crippen molar-refractivity contribution >= 4 is 32.8 Å². The Hall–Kier alpha value is -2.80. The van der Waals surface area contributed by atoms with Crippen molar-refractivity contribution in [1.29, 1.82) is 0 Å². The van der Waals surface area contributed by atoms with Crippen molar-refractivity contribution < 1.29 is 13.7 Å². The molecule has 25 heavy (non-hydrogen) atoms. The van der Waals surface area contributed by atoms with Gasteiger partial charge in [-0.1, -0.05) is 18.2 Å². The number of H-pyrrole nitrogens is 1. The van der Waals surface area contributed by atoms with Gasteiger partial charge in [0.2, 0.25) is 0 Å². The van der Waals surface area contributed by atoms with Crippen LogP contribution in [-0.4, -0.2) is 47.4 Å². The van der Waals surface area contributed by atoms with E-state index in [0.29, 0.717) is 39.0 Å². The van der Waals surface area contributed by atoms with Crippen LogP contribution < -0.4 is 14.4 Å². The molecular weight excluding hydrogens is 338 g/mol. The minimum Gasteiger partial charge on any atom is -0.497 e. The first-order valence-corrected chi connectivity index (χ1v) is 8.38. The Kier molecular flexibility index (Phi) is 4.76. The van der Waals surface area contributed by atoms with Gasteiger partial charge in [0.15, 0.2) is 5.82 Å². The van der Waals surface area contributed by atoms with E-state index in [-0.39, 0.29) is 0 Å². The third kappa shape index (κ3) is 3.10. The molecule has 0 aliphatic heterocycles. The lowest BCUT2D eigenvalue weighted by Crippen LogP contribution is -2.15. The van der Waals surface area contributed by atoms with E-state index in [1.807, 2.05) is 49.3 Å². The number of methoxy groups -OCH3 is 2. The van der Waals surface area contributed by atoms with Crippen molar-refractivity contribution in [3.63, 3.8) is 0 Å². The lowest BCUT2D eigenvalue weighted by Gasteiger charge is -2.16. The first-order valence-electron chi connectivity index (χ1n) is 7.64. The molecule has 0 saturated carbocycles. The number of rotatable bonds is 5. The summed E-state index contributed by atoms with van der Waals surface area (Å²) in [6, 6.07) is 11.3. The molecule has 1 N–H and O–H groups in total. The van der Waals surface area contributed by atoms with E-state index >= 15 is 0 Å². The Morgan fingerprint density at radius 1 is 1.16 bits per heavy atom. The number of nitrogens with one attached hydrogen (secondary N) is 1.